The molecular formula is C18H26N3O2+. The van der Waals surface area contributed by atoms with Crippen molar-refractivity contribution in [3.05, 3.63) is 23.8 Å². The van der Waals surface area contributed by atoms with Crippen molar-refractivity contribution in [3.63, 3.8) is 0 Å². The van der Waals surface area contributed by atoms with Gasteiger partial charge >= 0.3 is 0 Å². The van der Waals surface area contributed by atoms with Crippen LogP contribution in [-0.4, -0.2) is 38.0 Å². The lowest BCUT2D eigenvalue weighted by Gasteiger charge is -2.26. The zero-order valence-corrected chi connectivity index (χ0v) is 14.0. The van der Waals surface area contributed by atoms with Gasteiger partial charge in [-0.25, -0.2) is 0 Å². The zero-order valence-electron chi connectivity index (χ0n) is 14.0. The van der Waals surface area contributed by atoms with E-state index in [-0.39, 0.29) is 11.8 Å². The number of carbonyl (C=O) groups excluding carboxylic acids is 2. The van der Waals surface area contributed by atoms with Crippen LogP contribution >= 0.6 is 0 Å². The van der Waals surface area contributed by atoms with E-state index in [2.05, 4.69) is 12.2 Å². The van der Waals surface area contributed by atoms with Crippen molar-refractivity contribution in [3.8, 4) is 0 Å². The maximum Gasteiger partial charge on any atom is 0.279 e. The van der Waals surface area contributed by atoms with Gasteiger partial charge in [0.2, 0.25) is 5.91 Å². The Kier molecular flexibility index (Phi) is 4.66. The van der Waals surface area contributed by atoms with E-state index in [9.17, 15) is 9.59 Å². The zero-order chi connectivity index (χ0) is 16.4. The number of anilines is 2. The summed E-state index contributed by atoms with van der Waals surface area (Å²) in [6, 6.07) is 5.84. The number of carbonyl (C=O) groups is 2. The molecule has 1 fully saturated rings. The molecule has 5 nitrogen and oxygen atoms in total. The molecule has 2 N–H and O–H groups in total. The average molecular weight is 316 g/mol. The predicted molar refractivity (Wildman–Crippen MR) is 90.8 cm³/mol. The quantitative estimate of drug-likeness (QED) is 0.869. The Hall–Kier alpha value is -1.88. The molecular weight excluding hydrogens is 290 g/mol. The minimum Gasteiger partial charge on any atom is -0.327 e. The molecule has 1 aromatic rings. The van der Waals surface area contributed by atoms with E-state index in [4.69, 9.17) is 0 Å². The van der Waals surface area contributed by atoms with Crippen LogP contribution in [0.2, 0.25) is 0 Å². The van der Waals surface area contributed by atoms with Crippen molar-refractivity contribution in [1.29, 1.82) is 0 Å². The summed E-state index contributed by atoms with van der Waals surface area (Å²) in [6.07, 6.45) is 3.28. The molecule has 1 saturated heterocycles. The topological polar surface area (TPSA) is 53.9 Å². The van der Waals surface area contributed by atoms with Crippen LogP contribution in [0, 0.1) is 5.92 Å². The first kappa shape index (κ1) is 16.0. The van der Waals surface area contributed by atoms with E-state index >= 15 is 0 Å². The molecule has 0 spiro atoms. The standard InChI is InChI=1S/C18H25N3O2/c1-13-5-8-20(9-6-13)12-18(23)19-16-3-4-17-15(11-16)7-10-21(17)14(2)22/h3-4,11,13H,5-10,12H2,1-2H3,(H,19,23)/p+1. The molecule has 2 amide bonds. The van der Waals surface area contributed by atoms with Gasteiger partial charge in [0, 0.05) is 24.8 Å². The highest BCUT2D eigenvalue weighted by molar-refractivity contribution is 5.95. The summed E-state index contributed by atoms with van der Waals surface area (Å²) in [4.78, 5) is 27.0. The Morgan fingerprint density at radius 3 is 2.74 bits per heavy atom. The highest BCUT2D eigenvalue weighted by Gasteiger charge is 2.24. The number of fused-ring (bicyclic) bond motifs is 1. The smallest absolute Gasteiger partial charge is 0.279 e. The monoisotopic (exact) mass is 316 g/mol. The Morgan fingerprint density at radius 2 is 2.04 bits per heavy atom. The maximum absolute atomic E-state index is 12.2. The SMILES string of the molecule is CC(=O)N1CCc2cc(NC(=O)C[NH+]3CCC(C)CC3)ccc21. The third-order valence-electron chi connectivity index (χ3n) is 5.03. The van der Waals surface area contributed by atoms with Gasteiger partial charge in [0.15, 0.2) is 6.54 Å². The van der Waals surface area contributed by atoms with Gasteiger partial charge in [0.25, 0.3) is 5.91 Å². The Morgan fingerprint density at radius 1 is 1.30 bits per heavy atom. The summed E-state index contributed by atoms with van der Waals surface area (Å²) in [5.41, 5.74) is 2.95. The van der Waals surface area contributed by atoms with Gasteiger partial charge in [-0.15, -0.1) is 0 Å². The summed E-state index contributed by atoms with van der Waals surface area (Å²) < 4.78 is 0. The summed E-state index contributed by atoms with van der Waals surface area (Å²) >= 11 is 0. The number of likely N-dealkylation sites (tertiary alicyclic amines) is 1. The number of benzene rings is 1. The molecule has 0 bridgehead atoms. The van der Waals surface area contributed by atoms with Crippen LogP contribution in [0.4, 0.5) is 11.4 Å². The van der Waals surface area contributed by atoms with Crippen molar-refractivity contribution >= 4 is 23.2 Å². The Balaban J connectivity index is 1.58. The molecule has 0 unspecified atom stereocenters. The van der Waals surface area contributed by atoms with Crippen LogP contribution in [0.5, 0.6) is 0 Å². The van der Waals surface area contributed by atoms with Gasteiger partial charge < -0.3 is 15.1 Å². The first-order valence-corrected chi connectivity index (χ1v) is 8.57. The van der Waals surface area contributed by atoms with Gasteiger partial charge in [-0.1, -0.05) is 6.92 Å². The number of rotatable bonds is 3. The van der Waals surface area contributed by atoms with E-state index in [0.717, 1.165) is 48.9 Å². The first-order chi connectivity index (χ1) is 11.0. The molecule has 2 aliphatic heterocycles. The van der Waals surface area contributed by atoms with Crippen molar-refractivity contribution in [2.45, 2.75) is 33.1 Å². The molecule has 3 rings (SSSR count). The lowest BCUT2D eigenvalue weighted by atomic mass is 9.99. The Bertz CT molecular complexity index is 606. The minimum absolute atomic E-state index is 0.0727. The van der Waals surface area contributed by atoms with Crippen LogP contribution in [-0.2, 0) is 16.0 Å². The van der Waals surface area contributed by atoms with Gasteiger partial charge in [0.1, 0.15) is 0 Å². The molecule has 2 aliphatic rings. The summed E-state index contributed by atoms with van der Waals surface area (Å²) in [6.45, 7) is 7.33. The van der Waals surface area contributed by atoms with Gasteiger partial charge in [-0.2, -0.15) is 0 Å². The number of amides is 2. The average Bonchev–Trinajstić information content (AvgIpc) is 2.93. The molecule has 0 atom stereocenters. The van der Waals surface area contributed by atoms with E-state index < -0.39 is 0 Å². The van der Waals surface area contributed by atoms with Crippen molar-refractivity contribution < 1.29 is 14.5 Å². The van der Waals surface area contributed by atoms with E-state index in [0.29, 0.717) is 6.54 Å². The summed E-state index contributed by atoms with van der Waals surface area (Å²) in [5.74, 6) is 0.946. The molecule has 0 aliphatic carbocycles. The second kappa shape index (κ2) is 6.71. The highest BCUT2D eigenvalue weighted by Crippen LogP contribution is 2.30. The number of piperidine rings is 1. The lowest BCUT2D eigenvalue weighted by molar-refractivity contribution is -0.897. The van der Waals surface area contributed by atoms with Crippen LogP contribution in [0.3, 0.4) is 0 Å². The van der Waals surface area contributed by atoms with Crippen LogP contribution in [0.25, 0.3) is 0 Å². The fourth-order valence-corrected chi connectivity index (χ4v) is 3.59. The van der Waals surface area contributed by atoms with E-state index in [1.165, 1.54) is 17.7 Å². The molecule has 1 aromatic carbocycles. The second-order valence-electron chi connectivity index (χ2n) is 6.92. The summed E-state index contributed by atoms with van der Waals surface area (Å²) in [7, 11) is 0. The number of hydrogen-bond acceptors (Lipinski definition) is 2. The Labute approximate surface area is 137 Å². The van der Waals surface area contributed by atoms with Crippen LogP contribution < -0.4 is 15.1 Å². The number of nitrogens with zero attached hydrogens (tertiary/aromatic N) is 1. The number of nitrogens with one attached hydrogen (secondary N) is 2. The molecule has 23 heavy (non-hydrogen) atoms. The largest absolute Gasteiger partial charge is 0.327 e. The van der Waals surface area contributed by atoms with Crippen LogP contribution in [0.1, 0.15) is 32.3 Å². The van der Waals surface area contributed by atoms with Crippen molar-refractivity contribution in [1.82, 2.24) is 0 Å². The van der Waals surface area contributed by atoms with E-state index in [1.54, 1.807) is 11.8 Å². The minimum atomic E-state index is 0.0727. The predicted octanol–water partition coefficient (Wildman–Crippen LogP) is 0.849. The van der Waals surface area contributed by atoms with Crippen molar-refractivity contribution in [2.75, 3.05) is 36.4 Å². The number of hydrogen-bond donors (Lipinski definition) is 2. The number of quaternary nitrogens is 1. The summed E-state index contributed by atoms with van der Waals surface area (Å²) in [5, 5.41) is 3.01. The first-order valence-electron chi connectivity index (χ1n) is 8.57. The third-order valence-corrected chi connectivity index (χ3v) is 5.03. The molecule has 124 valence electrons. The second-order valence-corrected chi connectivity index (χ2v) is 6.92. The third kappa shape index (κ3) is 3.72. The molecule has 0 saturated carbocycles. The van der Waals surface area contributed by atoms with Crippen molar-refractivity contribution in [2.24, 2.45) is 5.92 Å². The maximum atomic E-state index is 12.2. The fraction of sp³-hybridized carbons (Fsp3) is 0.556. The van der Waals surface area contributed by atoms with Crippen LogP contribution in [0.15, 0.2) is 18.2 Å². The molecule has 2 heterocycles. The van der Waals surface area contributed by atoms with E-state index in [1.807, 2.05) is 18.2 Å². The molecule has 0 radical (unpaired) electrons. The van der Waals surface area contributed by atoms with Gasteiger partial charge in [-0.05, 0) is 48.9 Å². The fourth-order valence-electron chi connectivity index (χ4n) is 3.59. The van der Waals surface area contributed by atoms with Gasteiger partial charge in [-0.3, -0.25) is 9.59 Å². The molecule has 5 heteroatoms. The normalized spacial score (nSPS) is 23.5. The molecule has 0 aromatic heterocycles. The highest BCUT2D eigenvalue weighted by atomic mass is 16.2. The van der Waals surface area contributed by atoms with Gasteiger partial charge in [0.05, 0.1) is 13.1 Å². The lowest BCUT2D eigenvalue weighted by Crippen LogP contribution is -3.14.